The molecular formula is C25H44O4Si. The highest BCUT2D eigenvalue weighted by Gasteiger charge is 2.74. The van der Waals surface area contributed by atoms with Crippen molar-refractivity contribution in [1.82, 2.24) is 0 Å². The van der Waals surface area contributed by atoms with Crippen LogP contribution in [0.5, 0.6) is 0 Å². The van der Waals surface area contributed by atoms with Gasteiger partial charge in [0.25, 0.3) is 0 Å². The van der Waals surface area contributed by atoms with Gasteiger partial charge >= 0.3 is 0 Å². The summed E-state index contributed by atoms with van der Waals surface area (Å²) >= 11 is 0. The fraction of sp³-hybridized carbons (Fsp3) is 0.920. The van der Waals surface area contributed by atoms with Crippen LogP contribution in [0.2, 0.25) is 18.1 Å². The van der Waals surface area contributed by atoms with Gasteiger partial charge in [-0.25, -0.2) is 0 Å². The van der Waals surface area contributed by atoms with E-state index in [-0.39, 0.29) is 28.8 Å². The normalized spacial score (nSPS) is 45.6. The van der Waals surface area contributed by atoms with E-state index in [9.17, 15) is 5.11 Å². The van der Waals surface area contributed by atoms with Crippen molar-refractivity contribution in [1.29, 1.82) is 0 Å². The van der Waals surface area contributed by atoms with Gasteiger partial charge in [0.2, 0.25) is 0 Å². The highest BCUT2D eigenvalue weighted by atomic mass is 28.4. The molecule has 5 heteroatoms. The van der Waals surface area contributed by atoms with Crippen molar-refractivity contribution in [2.45, 2.75) is 103 Å². The first-order valence-corrected chi connectivity index (χ1v) is 15.0. The summed E-state index contributed by atoms with van der Waals surface area (Å²) in [5.74, 6) is 0.326. The lowest BCUT2D eigenvalue weighted by atomic mass is 9.48. The van der Waals surface area contributed by atoms with Gasteiger partial charge in [-0.1, -0.05) is 48.1 Å². The second kappa shape index (κ2) is 7.69. The lowest BCUT2D eigenvalue weighted by molar-refractivity contribution is -0.256. The highest BCUT2D eigenvalue weighted by molar-refractivity contribution is 6.73. The SMILES string of the molecule is C=C1[C@@H](O)[C@H](C)[C@@]23CC[C@@H](C)[C@](C)([C@@H]2C2(CC3)OCCO2)[C@H]1O[Si](CC)(CC)CC. The monoisotopic (exact) mass is 436 g/mol. The minimum Gasteiger partial charge on any atom is -0.410 e. The summed E-state index contributed by atoms with van der Waals surface area (Å²) < 4.78 is 20.2. The minimum absolute atomic E-state index is 0.0287. The van der Waals surface area contributed by atoms with Crippen molar-refractivity contribution in [2.75, 3.05) is 13.2 Å². The molecule has 1 aliphatic heterocycles. The molecule has 172 valence electrons. The Labute approximate surface area is 184 Å². The molecule has 0 radical (unpaired) electrons. The molecule has 4 rings (SSSR count). The van der Waals surface area contributed by atoms with E-state index >= 15 is 0 Å². The molecule has 0 aromatic carbocycles. The Morgan fingerprint density at radius 1 is 1.07 bits per heavy atom. The summed E-state index contributed by atoms with van der Waals surface area (Å²) in [6.45, 7) is 19.8. The fourth-order valence-electron chi connectivity index (χ4n) is 8.13. The first-order chi connectivity index (χ1) is 14.2. The Balaban J connectivity index is 1.90. The van der Waals surface area contributed by atoms with Gasteiger partial charge in [0.05, 0.1) is 25.4 Å². The quantitative estimate of drug-likeness (QED) is 0.455. The van der Waals surface area contributed by atoms with Crippen LogP contribution in [0.3, 0.4) is 0 Å². The standard InChI is InChI=1S/C25H44O4Si/c1-8-30(9-2,10-3)29-21-18(5)20(26)19(6)24-12-11-17(4)23(21,7)22(24)25(14-13-24)27-15-16-28-25/h17,19-22,26H,5,8-16H2,1-4,6-7H3/t17-,19+,20-,21+,22+,23+,24+/m1/s1. The molecule has 1 saturated heterocycles. The number of ether oxygens (including phenoxy) is 2. The molecular weight excluding hydrogens is 392 g/mol. The van der Waals surface area contributed by atoms with E-state index < -0.39 is 20.2 Å². The van der Waals surface area contributed by atoms with E-state index in [1.165, 1.54) is 6.42 Å². The summed E-state index contributed by atoms with van der Waals surface area (Å²) in [5.41, 5.74) is 0.786. The largest absolute Gasteiger partial charge is 0.410 e. The lowest BCUT2D eigenvalue weighted by Gasteiger charge is -2.59. The third-order valence-electron chi connectivity index (χ3n) is 10.4. The molecule has 1 N–H and O–H groups in total. The van der Waals surface area contributed by atoms with Crippen molar-refractivity contribution in [3.05, 3.63) is 12.2 Å². The van der Waals surface area contributed by atoms with Crippen LogP contribution in [0.1, 0.15) is 67.2 Å². The topological polar surface area (TPSA) is 47.9 Å². The van der Waals surface area contributed by atoms with E-state index in [1.807, 2.05) is 0 Å². The average Bonchev–Trinajstić information content (AvgIpc) is 3.36. The third kappa shape index (κ3) is 2.84. The molecule has 30 heavy (non-hydrogen) atoms. The Morgan fingerprint density at radius 2 is 1.67 bits per heavy atom. The number of aliphatic hydroxyl groups excluding tert-OH is 1. The molecule has 4 nitrogen and oxygen atoms in total. The second-order valence-electron chi connectivity index (χ2n) is 11.0. The van der Waals surface area contributed by atoms with Crippen LogP contribution in [0.25, 0.3) is 0 Å². The van der Waals surface area contributed by atoms with Crippen molar-refractivity contribution in [3.8, 4) is 0 Å². The van der Waals surface area contributed by atoms with Gasteiger partial charge in [-0.2, -0.15) is 0 Å². The molecule has 0 aromatic rings. The third-order valence-corrected chi connectivity index (χ3v) is 15.0. The number of aliphatic hydroxyl groups is 1. The highest BCUT2D eigenvalue weighted by Crippen LogP contribution is 2.72. The number of rotatable bonds is 5. The van der Waals surface area contributed by atoms with E-state index in [2.05, 4.69) is 48.1 Å². The van der Waals surface area contributed by atoms with Crippen LogP contribution in [-0.4, -0.2) is 44.6 Å². The Bertz CT molecular complexity index is 662. The molecule has 0 unspecified atom stereocenters. The predicted molar refractivity (Wildman–Crippen MR) is 123 cm³/mol. The van der Waals surface area contributed by atoms with Gasteiger partial charge in [0.15, 0.2) is 14.1 Å². The van der Waals surface area contributed by atoms with E-state index in [0.29, 0.717) is 19.1 Å². The summed E-state index contributed by atoms with van der Waals surface area (Å²) in [4.78, 5) is 0. The zero-order valence-electron chi connectivity index (χ0n) is 20.1. The van der Waals surface area contributed by atoms with Gasteiger partial charge < -0.3 is 19.0 Å². The van der Waals surface area contributed by atoms with Crippen LogP contribution in [0.4, 0.5) is 0 Å². The van der Waals surface area contributed by atoms with Crippen molar-refractivity contribution < 1.29 is 19.0 Å². The fourth-order valence-corrected chi connectivity index (χ4v) is 11.0. The zero-order chi connectivity index (χ0) is 21.9. The van der Waals surface area contributed by atoms with E-state index in [4.69, 9.17) is 13.9 Å². The molecule has 7 atom stereocenters. The molecule has 0 aromatic heterocycles. The smallest absolute Gasteiger partial charge is 0.192 e. The van der Waals surface area contributed by atoms with E-state index in [0.717, 1.165) is 43.0 Å². The van der Waals surface area contributed by atoms with Gasteiger partial charge in [-0.3, -0.25) is 0 Å². The predicted octanol–water partition coefficient (Wildman–Crippen LogP) is 5.52. The second-order valence-corrected chi connectivity index (χ2v) is 15.8. The molecule has 1 spiro atoms. The van der Waals surface area contributed by atoms with E-state index in [1.54, 1.807) is 0 Å². The van der Waals surface area contributed by atoms with Gasteiger partial charge in [-0.05, 0) is 60.2 Å². The maximum Gasteiger partial charge on any atom is 0.192 e. The Morgan fingerprint density at radius 3 is 2.23 bits per heavy atom. The summed E-state index contributed by atoms with van der Waals surface area (Å²) in [5, 5.41) is 11.6. The van der Waals surface area contributed by atoms with Crippen LogP contribution in [0.15, 0.2) is 12.2 Å². The van der Waals surface area contributed by atoms with Gasteiger partial charge in [-0.15, -0.1) is 0 Å². The zero-order valence-corrected chi connectivity index (χ0v) is 21.1. The van der Waals surface area contributed by atoms with Crippen molar-refractivity contribution >= 4 is 8.32 Å². The lowest BCUT2D eigenvalue weighted by Crippen LogP contribution is -2.61. The van der Waals surface area contributed by atoms with Crippen LogP contribution < -0.4 is 0 Å². The summed E-state index contributed by atoms with van der Waals surface area (Å²) in [6.07, 6.45) is 3.65. The Hall–Kier alpha value is -0.203. The molecule has 2 bridgehead atoms. The molecule has 3 aliphatic carbocycles. The number of hydrogen-bond donors (Lipinski definition) is 1. The number of hydrogen-bond acceptors (Lipinski definition) is 4. The van der Waals surface area contributed by atoms with Crippen molar-refractivity contribution in [3.63, 3.8) is 0 Å². The molecule has 3 saturated carbocycles. The van der Waals surface area contributed by atoms with Crippen LogP contribution in [-0.2, 0) is 13.9 Å². The van der Waals surface area contributed by atoms with Crippen LogP contribution >= 0.6 is 0 Å². The summed E-state index contributed by atoms with van der Waals surface area (Å²) in [7, 11) is -1.90. The first-order valence-electron chi connectivity index (χ1n) is 12.5. The van der Waals surface area contributed by atoms with Gasteiger partial charge in [0.1, 0.15) is 0 Å². The minimum atomic E-state index is -1.90. The molecule has 0 amide bonds. The average molecular weight is 437 g/mol. The van der Waals surface area contributed by atoms with Gasteiger partial charge in [0, 0.05) is 17.8 Å². The molecule has 1 heterocycles. The molecule has 4 fully saturated rings. The van der Waals surface area contributed by atoms with Crippen molar-refractivity contribution in [2.24, 2.45) is 28.6 Å². The maximum absolute atomic E-state index is 11.6. The first kappa shape index (κ1) is 23.0. The maximum atomic E-state index is 11.6. The molecule has 4 aliphatic rings. The Kier molecular flexibility index (Phi) is 5.89. The van der Waals surface area contributed by atoms with Crippen LogP contribution in [0, 0.1) is 28.6 Å². The summed E-state index contributed by atoms with van der Waals surface area (Å²) in [6, 6.07) is 3.32.